The topological polar surface area (TPSA) is 96.0 Å². The van der Waals surface area contributed by atoms with Crippen LogP contribution in [-0.2, 0) is 10.0 Å². The third-order valence-electron chi connectivity index (χ3n) is 3.02. The second-order valence-corrected chi connectivity index (χ2v) is 7.49. The molecule has 0 atom stereocenters. The predicted molar refractivity (Wildman–Crippen MR) is 90.0 cm³/mol. The highest BCUT2D eigenvalue weighted by Crippen LogP contribution is 2.24. The van der Waals surface area contributed by atoms with Gasteiger partial charge in [-0.05, 0) is 40.5 Å². The molecular weight excluding hydrogens is 370 g/mol. The summed E-state index contributed by atoms with van der Waals surface area (Å²) in [6.07, 6.45) is 2.12. The fraction of sp³-hybridized carbons (Fsp3) is 0.231. The van der Waals surface area contributed by atoms with Gasteiger partial charge in [0.15, 0.2) is 0 Å². The molecule has 0 saturated carbocycles. The molecule has 3 N–H and O–H groups in total. The highest BCUT2D eigenvalue weighted by molar-refractivity contribution is 9.10. The molecule has 3 rings (SSSR count). The number of nitrogens with one attached hydrogen (secondary N) is 3. The Hall–Kier alpha value is -1.87. The first-order chi connectivity index (χ1) is 10.5. The molecule has 0 amide bonds. The van der Waals surface area contributed by atoms with Crippen molar-refractivity contribution in [3.8, 4) is 0 Å². The Morgan fingerprint density at radius 1 is 1.23 bits per heavy atom. The zero-order valence-corrected chi connectivity index (χ0v) is 13.9. The predicted octanol–water partition coefficient (Wildman–Crippen LogP) is 2.54. The van der Waals surface area contributed by atoms with E-state index in [1.807, 2.05) is 6.07 Å². The number of benzene rings is 1. The van der Waals surface area contributed by atoms with Crippen LogP contribution < -0.4 is 15.4 Å². The van der Waals surface area contributed by atoms with E-state index in [1.54, 1.807) is 24.4 Å². The zero-order valence-electron chi connectivity index (χ0n) is 11.5. The molecule has 7 nitrogen and oxygen atoms in total. The van der Waals surface area contributed by atoms with E-state index in [9.17, 15) is 8.42 Å². The number of hydrogen-bond acceptors (Lipinski definition) is 6. The summed E-state index contributed by atoms with van der Waals surface area (Å²) in [4.78, 5) is 8.57. The lowest BCUT2D eigenvalue weighted by Crippen LogP contribution is -2.19. The van der Waals surface area contributed by atoms with Gasteiger partial charge >= 0.3 is 0 Å². The van der Waals surface area contributed by atoms with E-state index in [0.29, 0.717) is 36.1 Å². The minimum Gasteiger partial charge on any atom is -0.369 e. The van der Waals surface area contributed by atoms with Crippen molar-refractivity contribution in [2.45, 2.75) is 6.42 Å². The summed E-state index contributed by atoms with van der Waals surface area (Å²) in [6, 6.07) is 6.98. The molecule has 0 unspecified atom stereocenters. The van der Waals surface area contributed by atoms with Crippen LogP contribution >= 0.6 is 15.9 Å². The first-order valence-corrected chi connectivity index (χ1v) is 9.10. The Morgan fingerprint density at radius 2 is 2.05 bits per heavy atom. The Kier molecular flexibility index (Phi) is 4.16. The molecule has 116 valence electrons. The fourth-order valence-corrected chi connectivity index (χ4v) is 3.48. The molecular formula is C13H14BrN5O2S. The standard InChI is InChI=1S/C13H14BrN5O2S/c14-11-8-16-13-17-9-3-1-4-10(7-9)19-22(20,21)6-2-5-15-12(11)18-13/h1,3-4,7-8,19H,2,5-6H2,(H2,15,16,17,18). The minimum absolute atomic E-state index is 0.0349. The molecule has 0 aliphatic carbocycles. The van der Waals surface area contributed by atoms with Crippen LogP contribution in [0, 0.1) is 0 Å². The summed E-state index contributed by atoms with van der Waals surface area (Å²) in [5, 5.41) is 6.16. The fourth-order valence-electron chi connectivity index (χ4n) is 2.04. The van der Waals surface area contributed by atoms with Crippen molar-refractivity contribution in [3.05, 3.63) is 34.9 Å². The molecule has 0 spiro atoms. The average molecular weight is 384 g/mol. The largest absolute Gasteiger partial charge is 0.369 e. The van der Waals surface area contributed by atoms with Gasteiger partial charge in [-0.2, -0.15) is 4.98 Å². The van der Waals surface area contributed by atoms with Crippen molar-refractivity contribution in [1.29, 1.82) is 0 Å². The van der Waals surface area contributed by atoms with Gasteiger partial charge in [-0.25, -0.2) is 13.4 Å². The Balaban J connectivity index is 2.00. The number of hydrogen-bond donors (Lipinski definition) is 3. The molecule has 0 saturated heterocycles. The molecule has 0 fully saturated rings. The molecule has 1 aliphatic heterocycles. The highest BCUT2D eigenvalue weighted by atomic mass is 79.9. The van der Waals surface area contributed by atoms with E-state index in [4.69, 9.17) is 0 Å². The van der Waals surface area contributed by atoms with Crippen molar-refractivity contribution >= 4 is 49.1 Å². The maximum atomic E-state index is 12.0. The normalized spacial score (nSPS) is 16.8. The first-order valence-electron chi connectivity index (χ1n) is 6.66. The van der Waals surface area contributed by atoms with Crippen molar-refractivity contribution in [2.75, 3.05) is 27.7 Å². The highest BCUT2D eigenvalue weighted by Gasteiger charge is 2.12. The van der Waals surface area contributed by atoms with Gasteiger partial charge < -0.3 is 10.6 Å². The molecule has 2 heterocycles. The quantitative estimate of drug-likeness (QED) is 0.646. The maximum Gasteiger partial charge on any atom is 0.232 e. The van der Waals surface area contributed by atoms with Crippen LogP contribution in [0.2, 0.25) is 0 Å². The first kappa shape index (κ1) is 15.0. The van der Waals surface area contributed by atoms with E-state index in [1.165, 1.54) is 0 Å². The van der Waals surface area contributed by atoms with Gasteiger partial charge in [0.25, 0.3) is 0 Å². The summed E-state index contributed by atoms with van der Waals surface area (Å²) in [5.74, 6) is 1.09. The van der Waals surface area contributed by atoms with E-state index in [-0.39, 0.29) is 5.75 Å². The van der Waals surface area contributed by atoms with Crippen LogP contribution in [0.3, 0.4) is 0 Å². The van der Waals surface area contributed by atoms with Gasteiger partial charge in [0.1, 0.15) is 5.82 Å². The molecule has 22 heavy (non-hydrogen) atoms. The van der Waals surface area contributed by atoms with Crippen molar-refractivity contribution in [1.82, 2.24) is 9.97 Å². The molecule has 1 aromatic carbocycles. The van der Waals surface area contributed by atoms with Crippen LogP contribution in [0.25, 0.3) is 0 Å². The number of halogens is 1. The van der Waals surface area contributed by atoms with Crippen LogP contribution in [0.1, 0.15) is 6.42 Å². The van der Waals surface area contributed by atoms with E-state index < -0.39 is 10.0 Å². The maximum absolute atomic E-state index is 12.0. The van der Waals surface area contributed by atoms with Crippen molar-refractivity contribution in [2.24, 2.45) is 0 Å². The third-order valence-corrected chi connectivity index (χ3v) is 4.97. The molecule has 1 aliphatic rings. The molecule has 2 aromatic rings. The molecule has 9 heteroatoms. The summed E-state index contributed by atoms with van der Waals surface area (Å²) >= 11 is 3.37. The molecule has 4 bridgehead atoms. The smallest absolute Gasteiger partial charge is 0.232 e. The van der Waals surface area contributed by atoms with Crippen molar-refractivity contribution < 1.29 is 8.42 Å². The van der Waals surface area contributed by atoms with Gasteiger partial charge in [-0.1, -0.05) is 6.07 Å². The lowest BCUT2D eigenvalue weighted by atomic mass is 10.3. The Bertz CT molecular complexity index is 797. The second-order valence-electron chi connectivity index (χ2n) is 4.80. The number of fused-ring (bicyclic) bond motifs is 4. The Morgan fingerprint density at radius 3 is 2.91 bits per heavy atom. The van der Waals surface area contributed by atoms with Crippen molar-refractivity contribution in [3.63, 3.8) is 0 Å². The number of aromatic nitrogens is 2. The third kappa shape index (κ3) is 3.66. The van der Waals surface area contributed by atoms with Crippen LogP contribution in [0.5, 0.6) is 0 Å². The van der Waals surface area contributed by atoms with Crippen LogP contribution in [-0.4, -0.2) is 30.7 Å². The Labute approximate surface area is 136 Å². The lowest BCUT2D eigenvalue weighted by molar-refractivity contribution is 0.599. The number of rotatable bonds is 0. The van der Waals surface area contributed by atoms with Gasteiger partial charge in [-0.15, -0.1) is 0 Å². The van der Waals surface area contributed by atoms with Gasteiger partial charge in [-0.3, -0.25) is 4.72 Å². The molecule has 1 aromatic heterocycles. The van der Waals surface area contributed by atoms with Gasteiger partial charge in [0.2, 0.25) is 16.0 Å². The summed E-state index contributed by atoms with van der Waals surface area (Å²) < 4.78 is 27.4. The monoisotopic (exact) mass is 383 g/mol. The average Bonchev–Trinajstić information content (AvgIpc) is 2.46. The van der Waals surface area contributed by atoms with E-state index in [2.05, 4.69) is 41.3 Å². The summed E-state index contributed by atoms with van der Waals surface area (Å²) in [7, 11) is -3.37. The summed E-state index contributed by atoms with van der Waals surface area (Å²) in [5.41, 5.74) is 1.21. The van der Waals surface area contributed by atoms with Gasteiger partial charge in [0, 0.05) is 18.4 Å². The summed E-state index contributed by atoms with van der Waals surface area (Å²) in [6.45, 7) is 0.494. The van der Waals surface area contributed by atoms with E-state index in [0.717, 1.165) is 4.47 Å². The zero-order chi connectivity index (χ0) is 15.6. The SMILES string of the molecule is O=S1(=O)CCCNc2nc(ncc2Br)Nc2cccc(c2)N1. The van der Waals surface area contributed by atoms with E-state index >= 15 is 0 Å². The second kappa shape index (κ2) is 6.09. The molecule has 0 radical (unpaired) electrons. The van der Waals surface area contributed by atoms with Crippen LogP contribution in [0.15, 0.2) is 34.9 Å². The lowest BCUT2D eigenvalue weighted by Gasteiger charge is -2.09. The van der Waals surface area contributed by atoms with Crippen LogP contribution in [0.4, 0.5) is 23.1 Å². The number of nitrogens with zero attached hydrogens (tertiary/aromatic N) is 2. The number of sulfonamides is 1. The number of anilines is 4. The minimum atomic E-state index is -3.37. The van der Waals surface area contributed by atoms with Gasteiger partial charge in [0.05, 0.1) is 15.9 Å².